The Hall–Kier alpha value is -1.20. The summed E-state index contributed by atoms with van der Waals surface area (Å²) in [5, 5.41) is 12.7. The first-order chi connectivity index (χ1) is 9.10. The number of benzene rings is 2. The number of hydrogen-bond donors (Lipinski definition) is 2. The Morgan fingerprint density at radius 1 is 1.11 bits per heavy atom. The third-order valence-corrected chi connectivity index (χ3v) is 3.95. The monoisotopic (exact) mass is 385 g/mol. The van der Waals surface area contributed by atoms with Crippen LogP contribution >= 0.6 is 31.9 Å². The minimum atomic E-state index is 0.245. The Labute approximate surface area is 128 Å². The highest BCUT2D eigenvalue weighted by atomic mass is 79.9. The van der Waals surface area contributed by atoms with Crippen LogP contribution < -0.4 is 10.1 Å². The van der Waals surface area contributed by atoms with Crippen LogP contribution in [0.25, 0.3) is 0 Å². The second-order valence-corrected chi connectivity index (χ2v) is 5.70. The summed E-state index contributed by atoms with van der Waals surface area (Å²) in [7, 11) is 1.64. The zero-order chi connectivity index (χ0) is 13.8. The van der Waals surface area contributed by atoms with Gasteiger partial charge in [-0.15, -0.1) is 0 Å². The van der Waals surface area contributed by atoms with Gasteiger partial charge in [0.25, 0.3) is 0 Å². The summed E-state index contributed by atoms with van der Waals surface area (Å²) in [5.41, 5.74) is 2.05. The molecule has 100 valence electrons. The van der Waals surface area contributed by atoms with E-state index >= 15 is 0 Å². The summed E-state index contributed by atoms with van der Waals surface area (Å²) < 4.78 is 6.86. The van der Waals surface area contributed by atoms with Gasteiger partial charge in [0.15, 0.2) is 0 Å². The number of ether oxygens (including phenoxy) is 1. The summed E-state index contributed by atoms with van der Waals surface area (Å²) >= 11 is 6.72. The third-order valence-electron chi connectivity index (χ3n) is 2.66. The maximum atomic E-state index is 9.44. The van der Waals surface area contributed by atoms with Crippen LogP contribution in [0.3, 0.4) is 0 Å². The van der Waals surface area contributed by atoms with Crippen LogP contribution in [0.5, 0.6) is 11.5 Å². The van der Waals surface area contributed by atoms with E-state index in [1.54, 1.807) is 13.2 Å². The van der Waals surface area contributed by atoms with Crippen molar-refractivity contribution >= 4 is 37.5 Å². The van der Waals surface area contributed by atoms with E-state index in [-0.39, 0.29) is 5.75 Å². The van der Waals surface area contributed by atoms with Crippen molar-refractivity contribution in [2.45, 2.75) is 6.54 Å². The molecule has 0 amide bonds. The molecule has 3 nitrogen and oxygen atoms in total. The first-order valence-corrected chi connectivity index (χ1v) is 7.23. The van der Waals surface area contributed by atoms with Crippen molar-refractivity contribution in [1.82, 2.24) is 0 Å². The summed E-state index contributed by atoms with van der Waals surface area (Å²) in [6, 6.07) is 11.3. The standard InChI is InChI=1S/C14H13Br2NO2/c1-19-14-7-10(3-4-11(14)15)17-8-9-2-5-13(18)12(16)6-9/h2-7,17-18H,8H2,1H3. The van der Waals surface area contributed by atoms with Crippen molar-refractivity contribution in [1.29, 1.82) is 0 Å². The van der Waals surface area contributed by atoms with E-state index in [4.69, 9.17) is 4.74 Å². The van der Waals surface area contributed by atoms with Gasteiger partial charge < -0.3 is 15.2 Å². The van der Waals surface area contributed by atoms with Crippen LogP contribution in [-0.4, -0.2) is 12.2 Å². The van der Waals surface area contributed by atoms with Gasteiger partial charge in [0.05, 0.1) is 16.1 Å². The van der Waals surface area contributed by atoms with E-state index in [0.29, 0.717) is 11.0 Å². The van der Waals surface area contributed by atoms with Crippen molar-refractivity contribution in [3.8, 4) is 11.5 Å². The molecule has 2 N–H and O–H groups in total. The quantitative estimate of drug-likeness (QED) is 0.810. The summed E-state index contributed by atoms with van der Waals surface area (Å²) in [4.78, 5) is 0. The molecule has 0 aliphatic rings. The van der Waals surface area contributed by atoms with Crippen LogP contribution in [0, 0.1) is 0 Å². The van der Waals surface area contributed by atoms with Gasteiger partial charge in [0.1, 0.15) is 11.5 Å². The average molecular weight is 387 g/mol. The normalized spacial score (nSPS) is 10.3. The van der Waals surface area contributed by atoms with E-state index in [1.165, 1.54) is 0 Å². The molecule has 0 fully saturated rings. The molecule has 2 rings (SSSR count). The van der Waals surface area contributed by atoms with Crippen LogP contribution in [0.4, 0.5) is 5.69 Å². The van der Waals surface area contributed by atoms with Crippen LogP contribution in [0.2, 0.25) is 0 Å². The van der Waals surface area contributed by atoms with Gasteiger partial charge in [-0.25, -0.2) is 0 Å². The highest BCUT2D eigenvalue weighted by Gasteiger charge is 2.03. The fraction of sp³-hybridized carbons (Fsp3) is 0.143. The molecule has 0 aromatic heterocycles. The average Bonchev–Trinajstić information content (AvgIpc) is 2.41. The van der Waals surface area contributed by atoms with Gasteiger partial charge in [-0.3, -0.25) is 0 Å². The van der Waals surface area contributed by atoms with E-state index in [1.807, 2.05) is 30.3 Å². The topological polar surface area (TPSA) is 41.5 Å². The molecule has 0 saturated carbocycles. The smallest absolute Gasteiger partial charge is 0.135 e. The minimum Gasteiger partial charge on any atom is -0.507 e. The molecule has 5 heteroatoms. The molecule has 0 radical (unpaired) electrons. The summed E-state index contributed by atoms with van der Waals surface area (Å²) in [6.07, 6.45) is 0. The minimum absolute atomic E-state index is 0.245. The van der Waals surface area contributed by atoms with Crippen molar-refractivity contribution < 1.29 is 9.84 Å². The molecule has 0 spiro atoms. The van der Waals surface area contributed by atoms with Crippen LogP contribution in [0.1, 0.15) is 5.56 Å². The molecule has 19 heavy (non-hydrogen) atoms. The lowest BCUT2D eigenvalue weighted by Gasteiger charge is -2.10. The Balaban J connectivity index is 2.07. The van der Waals surface area contributed by atoms with Crippen LogP contribution in [-0.2, 0) is 6.54 Å². The molecule has 0 heterocycles. The number of aromatic hydroxyl groups is 1. The molecule has 2 aromatic rings. The molecule has 2 aromatic carbocycles. The zero-order valence-corrected chi connectivity index (χ0v) is 13.5. The maximum Gasteiger partial charge on any atom is 0.135 e. The van der Waals surface area contributed by atoms with Crippen molar-refractivity contribution in [2.75, 3.05) is 12.4 Å². The molecule has 0 aliphatic carbocycles. The number of phenolic OH excluding ortho intramolecular Hbond substituents is 1. The Morgan fingerprint density at radius 2 is 1.89 bits per heavy atom. The second-order valence-electron chi connectivity index (χ2n) is 3.99. The van der Waals surface area contributed by atoms with Crippen LogP contribution in [0.15, 0.2) is 45.3 Å². The van der Waals surface area contributed by atoms with E-state index < -0.39 is 0 Å². The van der Waals surface area contributed by atoms with Gasteiger partial charge in [0.2, 0.25) is 0 Å². The Bertz CT molecular complexity index is 588. The van der Waals surface area contributed by atoms with Crippen molar-refractivity contribution in [3.63, 3.8) is 0 Å². The molecule has 0 saturated heterocycles. The molecule has 0 bridgehead atoms. The van der Waals surface area contributed by atoms with Crippen molar-refractivity contribution in [2.24, 2.45) is 0 Å². The molecule has 0 aliphatic heterocycles. The first-order valence-electron chi connectivity index (χ1n) is 5.65. The predicted molar refractivity (Wildman–Crippen MR) is 83.8 cm³/mol. The van der Waals surface area contributed by atoms with E-state index in [9.17, 15) is 5.11 Å². The zero-order valence-electron chi connectivity index (χ0n) is 10.3. The number of anilines is 1. The number of phenols is 1. The summed E-state index contributed by atoms with van der Waals surface area (Å²) in [6.45, 7) is 0.670. The molecular formula is C14H13Br2NO2. The third kappa shape index (κ3) is 3.64. The van der Waals surface area contributed by atoms with E-state index in [2.05, 4.69) is 37.2 Å². The fourth-order valence-electron chi connectivity index (χ4n) is 1.63. The molecular weight excluding hydrogens is 374 g/mol. The largest absolute Gasteiger partial charge is 0.507 e. The highest BCUT2D eigenvalue weighted by molar-refractivity contribution is 9.10. The number of nitrogens with one attached hydrogen (secondary N) is 1. The Kier molecular flexibility index (Phi) is 4.71. The summed E-state index contributed by atoms with van der Waals surface area (Å²) in [5.74, 6) is 1.03. The first kappa shape index (κ1) is 14.2. The number of hydrogen-bond acceptors (Lipinski definition) is 3. The number of methoxy groups -OCH3 is 1. The molecule has 0 unspecified atom stereocenters. The van der Waals surface area contributed by atoms with Gasteiger partial charge in [0, 0.05) is 18.3 Å². The number of halogens is 2. The highest BCUT2D eigenvalue weighted by Crippen LogP contribution is 2.28. The Morgan fingerprint density at radius 3 is 2.58 bits per heavy atom. The number of rotatable bonds is 4. The van der Waals surface area contributed by atoms with E-state index in [0.717, 1.165) is 21.5 Å². The SMILES string of the molecule is COc1cc(NCc2ccc(O)c(Br)c2)ccc1Br. The lowest BCUT2D eigenvalue weighted by atomic mass is 10.2. The predicted octanol–water partition coefficient (Wildman–Crippen LogP) is 4.54. The van der Waals surface area contributed by atoms with Crippen molar-refractivity contribution in [3.05, 3.63) is 50.9 Å². The maximum absolute atomic E-state index is 9.44. The van der Waals surface area contributed by atoms with Gasteiger partial charge in [-0.2, -0.15) is 0 Å². The van der Waals surface area contributed by atoms with Gasteiger partial charge in [-0.05, 0) is 61.7 Å². The van der Waals surface area contributed by atoms with Gasteiger partial charge >= 0.3 is 0 Å². The lowest BCUT2D eigenvalue weighted by molar-refractivity contribution is 0.412. The second kappa shape index (κ2) is 6.30. The van der Waals surface area contributed by atoms with Gasteiger partial charge in [-0.1, -0.05) is 6.07 Å². The fourth-order valence-corrected chi connectivity index (χ4v) is 2.47. The lowest BCUT2D eigenvalue weighted by Crippen LogP contribution is -1.99. The molecule has 0 atom stereocenters.